The molecule has 0 bridgehead atoms. The first-order valence-corrected chi connectivity index (χ1v) is 14.9. The van der Waals surface area contributed by atoms with Crippen LogP contribution in [0.5, 0.6) is 5.75 Å². The Morgan fingerprint density at radius 1 is 0.925 bits per heavy atom. The van der Waals surface area contributed by atoms with Crippen molar-refractivity contribution in [3.63, 3.8) is 0 Å². The number of carbonyl (C=O) groups is 2. The maximum Gasteiger partial charge on any atom is 0.264 e. The number of hydrogen-bond donors (Lipinski definition) is 1. The summed E-state index contributed by atoms with van der Waals surface area (Å²) in [6.45, 7) is 6.11. The molecule has 0 aromatic heterocycles. The lowest BCUT2D eigenvalue weighted by Crippen LogP contribution is -2.53. The predicted octanol–water partition coefficient (Wildman–Crippen LogP) is 4.51. The van der Waals surface area contributed by atoms with Crippen molar-refractivity contribution < 1.29 is 22.7 Å². The van der Waals surface area contributed by atoms with Crippen LogP contribution in [0.1, 0.15) is 32.8 Å². The molecule has 0 aliphatic heterocycles. The predicted molar refractivity (Wildman–Crippen MR) is 158 cm³/mol. The zero-order valence-corrected chi connectivity index (χ0v) is 24.4. The van der Waals surface area contributed by atoms with Gasteiger partial charge in [0.2, 0.25) is 11.8 Å². The highest BCUT2D eigenvalue weighted by Crippen LogP contribution is 2.27. The Morgan fingerprint density at radius 2 is 1.57 bits per heavy atom. The fraction of sp³-hybridized carbons (Fsp3) is 0.355. The van der Waals surface area contributed by atoms with Gasteiger partial charge in [0.25, 0.3) is 10.0 Å². The highest BCUT2D eigenvalue weighted by molar-refractivity contribution is 7.92. The summed E-state index contributed by atoms with van der Waals surface area (Å²) in [4.78, 5) is 28.8. The Hall–Kier alpha value is -3.85. The quantitative estimate of drug-likeness (QED) is 0.310. The first kappa shape index (κ1) is 30.7. The van der Waals surface area contributed by atoms with Crippen molar-refractivity contribution >= 4 is 27.5 Å². The minimum absolute atomic E-state index is 0.0585. The van der Waals surface area contributed by atoms with Gasteiger partial charge in [0.1, 0.15) is 18.3 Å². The van der Waals surface area contributed by atoms with Crippen LogP contribution in [0.3, 0.4) is 0 Å². The summed E-state index contributed by atoms with van der Waals surface area (Å²) in [5.74, 6) is -0.0191. The number of methoxy groups -OCH3 is 1. The number of nitrogens with one attached hydrogen (secondary N) is 1. The lowest BCUT2D eigenvalue weighted by molar-refractivity contribution is -0.139. The average molecular weight is 566 g/mol. The second-order valence-corrected chi connectivity index (χ2v) is 11.8. The van der Waals surface area contributed by atoms with Gasteiger partial charge in [-0.25, -0.2) is 8.42 Å². The lowest BCUT2D eigenvalue weighted by Gasteiger charge is -2.33. The zero-order valence-electron chi connectivity index (χ0n) is 23.6. The van der Waals surface area contributed by atoms with Crippen molar-refractivity contribution in [3.8, 4) is 5.75 Å². The van der Waals surface area contributed by atoms with E-state index in [0.29, 0.717) is 25.1 Å². The van der Waals surface area contributed by atoms with Crippen LogP contribution in [0.15, 0.2) is 89.8 Å². The Morgan fingerprint density at radius 3 is 2.17 bits per heavy atom. The molecule has 0 heterocycles. The van der Waals surface area contributed by atoms with Gasteiger partial charge >= 0.3 is 0 Å². The molecule has 3 rings (SSSR count). The average Bonchev–Trinajstić information content (AvgIpc) is 2.97. The van der Waals surface area contributed by atoms with E-state index in [4.69, 9.17) is 4.74 Å². The zero-order chi connectivity index (χ0) is 29.1. The van der Waals surface area contributed by atoms with Crippen LogP contribution in [-0.2, 0) is 26.0 Å². The third-order valence-corrected chi connectivity index (χ3v) is 8.29. The van der Waals surface area contributed by atoms with E-state index in [1.807, 2.05) is 51.1 Å². The molecule has 0 spiro atoms. The number of hydrogen-bond acceptors (Lipinski definition) is 5. The van der Waals surface area contributed by atoms with Crippen LogP contribution >= 0.6 is 0 Å². The molecule has 0 radical (unpaired) electrons. The second-order valence-electron chi connectivity index (χ2n) is 9.91. The molecule has 1 atom stereocenters. The molecular formula is C31H39N3O5S. The number of sulfonamides is 1. The summed E-state index contributed by atoms with van der Waals surface area (Å²) in [7, 11) is -2.63. The summed E-state index contributed by atoms with van der Waals surface area (Å²) >= 11 is 0. The van der Waals surface area contributed by atoms with E-state index in [1.54, 1.807) is 42.5 Å². The van der Waals surface area contributed by atoms with Gasteiger partial charge in [0.05, 0.1) is 17.7 Å². The van der Waals surface area contributed by atoms with E-state index in [9.17, 15) is 18.0 Å². The van der Waals surface area contributed by atoms with Gasteiger partial charge in [-0.05, 0) is 48.6 Å². The van der Waals surface area contributed by atoms with E-state index in [-0.39, 0.29) is 29.0 Å². The minimum Gasteiger partial charge on any atom is -0.497 e. The number of carbonyl (C=O) groups excluding carboxylic acids is 2. The fourth-order valence-electron chi connectivity index (χ4n) is 4.33. The number of anilines is 1. The molecule has 40 heavy (non-hydrogen) atoms. The van der Waals surface area contributed by atoms with Gasteiger partial charge in [0.15, 0.2) is 0 Å². The molecular weight excluding hydrogens is 526 g/mol. The third-order valence-electron chi connectivity index (χ3n) is 6.51. The van der Waals surface area contributed by atoms with Crippen molar-refractivity contribution in [2.24, 2.45) is 5.92 Å². The SMILES string of the molecule is CC[C@@H](C(=O)NCC(C)C)N(CCc1ccccc1)C(=O)CN(c1cccc(OC)c1)S(=O)(=O)c1ccccc1. The summed E-state index contributed by atoms with van der Waals surface area (Å²) < 4.78 is 34.1. The van der Waals surface area contributed by atoms with Crippen LogP contribution in [-0.4, -0.2) is 57.9 Å². The number of amides is 2. The van der Waals surface area contributed by atoms with Gasteiger partial charge in [0, 0.05) is 19.2 Å². The molecule has 0 aliphatic carbocycles. The van der Waals surface area contributed by atoms with Crippen molar-refractivity contribution in [3.05, 3.63) is 90.5 Å². The van der Waals surface area contributed by atoms with Crippen molar-refractivity contribution in [1.29, 1.82) is 0 Å². The molecule has 0 saturated heterocycles. The van der Waals surface area contributed by atoms with Gasteiger partial charge < -0.3 is 15.0 Å². The second kappa shape index (κ2) is 14.5. The van der Waals surface area contributed by atoms with E-state index in [2.05, 4.69) is 5.32 Å². The molecule has 1 N–H and O–H groups in total. The Kier molecular flexibility index (Phi) is 11.1. The Labute approximate surface area is 238 Å². The van der Waals surface area contributed by atoms with Crippen LogP contribution in [0.4, 0.5) is 5.69 Å². The van der Waals surface area contributed by atoms with Gasteiger partial charge in [-0.3, -0.25) is 13.9 Å². The fourth-order valence-corrected chi connectivity index (χ4v) is 5.76. The molecule has 3 aromatic carbocycles. The van der Waals surface area contributed by atoms with Crippen LogP contribution in [0.2, 0.25) is 0 Å². The van der Waals surface area contributed by atoms with E-state index < -0.39 is 28.5 Å². The summed E-state index contributed by atoms with van der Waals surface area (Å²) in [5, 5.41) is 2.94. The van der Waals surface area contributed by atoms with Gasteiger partial charge in [-0.1, -0.05) is 75.4 Å². The van der Waals surface area contributed by atoms with E-state index >= 15 is 0 Å². The largest absolute Gasteiger partial charge is 0.497 e. The number of benzene rings is 3. The highest BCUT2D eigenvalue weighted by atomic mass is 32.2. The molecule has 0 aliphatic rings. The smallest absolute Gasteiger partial charge is 0.264 e. The summed E-state index contributed by atoms with van der Waals surface area (Å²) in [6, 6.07) is 23.5. The number of nitrogens with zero attached hydrogens (tertiary/aromatic N) is 2. The monoisotopic (exact) mass is 565 g/mol. The van der Waals surface area contributed by atoms with Crippen LogP contribution in [0, 0.1) is 5.92 Å². The van der Waals surface area contributed by atoms with Crippen LogP contribution in [0.25, 0.3) is 0 Å². The first-order chi connectivity index (χ1) is 19.2. The Bertz CT molecular complexity index is 1350. The lowest BCUT2D eigenvalue weighted by atomic mass is 10.1. The molecule has 0 saturated carbocycles. The van der Waals surface area contributed by atoms with Gasteiger partial charge in [-0.2, -0.15) is 0 Å². The minimum atomic E-state index is -4.12. The third kappa shape index (κ3) is 8.08. The summed E-state index contributed by atoms with van der Waals surface area (Å²) in [5.41, 5.74) is 1.30. The molecule has 2 amide bonds. The molecule has 214 valence electrons. The molecule has 8 nitrogen and oxygen atoms in total. The number of ether oxygens (including phenoxy) is 1. The molecule has 3 aromatic rings. The van der Waals surface area contributed by atoms with Crippen LogP contribution < -0.4 is 14.4 Å². The van der Waals surface area contributed by atoms with E-state index in [0.717, 1.165) is 9.87 Å². The Balaban J connectivity index is 2.00. The molecule has 9 heteroatoms. The van der Waals surface area contributed by atoms with E-state index in [1.165, 1.54) is 24.1 Å². The maximum atomic E-state index is 14.0. The normalized spacial score (nSPS) is 12.0. The molecule has 0 fully saturated rings. The van der Waals surface area contributed by atoms with Crippen molar-refractivity contribution in [2.45, 2.75) is 44.6 Å². The van der Waals surface area contributed by atoms with Crippen molar-refractivity contribution in [1.82, 2.24) is 10.2 Å². The van der Waals surface area contributed by atoms with Crippen molar-refractivity contribution in [2.75, 3.05) is 31.0 Å². The maximum absolute atomic E-state index is 14.0. The van der Waals surface area contributed by atoms with Gasteiger partial charge in [-0.15, -0.1) is 0 Å². The molecule has 0 unspecified atom stereocenters. The standard InChI is InChI=1S/C31H39N3O5S/c1-5-29(31(36)32-22-24(2)3)33(20-19-25-13-8-6-9-14-25)30(35)23-34(26-15-12-16-27(21-26)39-4)40(37,38)28-17-10-7-11-18-28/h6-18,21,24,29H,5,19-20,22-23H2,1-4H3,(H,32,36)/t29-/m0/s1. The number of rotatable bonds is 14. The summed E-state index contributed by atoms with van der Waals surface area (Å²) in [6.07, 6.45) is 0.903. The highest BCUT2D eigenvalue weighted by Gasteiger charge is 2.33. The topological polar surface area (TPSA) is 96.0 Å². The first-order valence-electron chi connectivity index (χ1n) is 13.5.